The zero-order chi connectivity index (χ0) is 18.5. The van der Waals surface area contributed by atoms with Gasteiger partial charge < -0.3 is 4.90 Å². The Morgan fingerprint density at radius 1 is 1.08 bits per heavy atom. The molecule has 0 aliphatic carbocycles. The van der Waals surface area contributed by atoms with Gasteiger partial charge in [-0.05, 0) is 29.3 Å². The van der Waals surface area contributed by atoms with E-state index in [0.717, 1.165) is 11.1 Å². The van der Waals surface area contributed by atoms with E-state index in [0.29, 0.717) is 0 Å². The van der Waals surface area contributed by atoms with Crippen molar-refractivity contribution in [2.45, 2.75) is 19.4 Å². The second-order valence-electron chi connectivity index (χ2n) is 5.81. The number of pyridine rings is 1. The van der Waals surface area contributed by atoms with Crippen LogP contribution in [0.2, 0.25) is 0 Å². The van der Waals surface area contributed by atoms with Crippen LogP contribution in [-0.4, -0.2) is 27.6 Å². The zero-order valence-corrected chi connectivity index (χ0v) is 14.2. The molecule has 0 spiro atoms. The lowest BCUT2D eigenvalue weighted by Gasteiger charge is -2.32. The van der Waals surface area contributed by atoms with Gasteiger partial charge in [-0.25, -0.2) is 0 Å². The molecule has 7 heteroatoms. The molecule has 26 heavy (non-hydrogen) atoms. The van der Waals surface area contributed by atoms with Crippen LogP contribution in [0.5, 0.6) is 0 Å². The summed E-state index contributed by atoms with van der Waals surface area (Å²) in [6.07, 6.45) is 5.03. The van der Waals surface area contributed by atoms with Crippen LogP contribution in [-0.2, 0) is 9.59 Å². The molecule has 0 saturated heterocycles. The fourth-order valence-corrected chi connectivity index (χ4v) is 2.83. The van der Waals surface area contributed by atoms with Crippen molar-refractivity contribution in [1.82, 2.24) is 20.7 Å². The van der Waals surface area contributed by atoms with Gasteiger partial charge in [0.25, 0.3) is 5.91 Å². The number of nitrogens with one attached hydrogen (secondary N) is 2. The minimum atomic E-state index is -0.508. The summed E-state index contributed by atoms with van der Waals surface area (Å²) >= 11 is 0. The second kappa shape index (κ2) is 7.60. The van der Waals surface area contributed by atoms with Crippen molar-refractivity contribution in [3.05, 3.63) is 71.7 Å². The predicted molar refractivity (Wildman–Crippen MR) is 95.2 cm³/mol. The van der Waals surface area contributed by atoms with E-state index in [9.17, 15) is 14.4 Å². The van der Waals surface area contributed by atoms with E-state index in [1.165, 1.54) is 18.0 Å². The van der Waals surface area contributed by atoms with E-state index in [4.69, 9.17) is 0 Å². The molecule has 0 radical (unpaired) electrons. The van der Waals surface area contributed by atoms with E-state index >= 15 is 0 Å². The Hall–Kier alpha value is -3.48. The number of benzene rings is 1. The van der Waals surface area contributed by atoms with E-state index in [-0.39, 0.29) is 18.0 Å². The average molecular weight is 350 g/mol. The van der Waals surface area contributed by atoms with E-state index in [2.05, 4.69) is 15.8 Å². The minimum absolute atomic E-state index is 0.0173. The van der Waals surface area contributed by atoms with Crippen LogP contribution in [0.25, 0.3) is 6.08 Å². The van der Waals surface area contributed by atoms with Crippen molar-refractivity contribution in [3.63, 3.8) is 0 Å². The minimum Gasteiger partial charge on any atom is -0.311 e. The molecule has 0 unspecified atom stereocenters. The number of nitrogens with zero attached hydrogens (tertiary/aromatic N) is 2. The van der Waals surface area contributed by atoms with Crippen molar-refractivity contribution in [2.24, 2.45) is 0 Å². The molecule has 2 heterocycles. The first-order chi connectivity index (χ1) is 12.6. The fourth-order valence-electron chi connectivity index (χ4n) is 2.83. The van der Waals surface area contributed by atoms with Crippen molar-refractivity contribution in [1.29, 1.82) is 0 Å². The molecule has 1 aromatic carbocycles. The number of hydrazine groups is 1. The third-order valence-electron chi connectivity index (χ3n) is 4.06. The molecule has 1 aliphatic heterocycles. The standard InChI is InChI=1S/C19H18N4O3/c1-13(24)23-11-9-14-6-2-3-7-15(14)17(23)12-18(25)21-22-19(26)16-8-4-5-10-20-16/h2-11,17H,12H2,1H3,(H,21,25)(H,22,26)/t17-/m1/s1. The van der Waals surface area contributed by atoms with Crippen molar-refractivity contribution in [2.75, 3.05) is 0 Å². The highest BCUT2D eigenvalue weighted by Crippen LogP contribution is 2.32. The summed E-state index contributed by atoms with van der Waals surface area (Å²) < 4.78 is 0. The largest absolute Gasteiger partial charge is 0.311 e. The molecule has 0 saturated carbocycles. The molecule has 3 rings (SSSR count). The SMILES string of the molecule is CC(=O)N1C=Cc2ccccc2[C@H]1CC(=O)NNC(=O)c1ccccn1. The van der Waals surface area contributed by atoms with Gasteiger partial charge in [-0.3, -0.25) is 30.2 Å². The molecule has 2 N–H and O–H groups in total. The van der Waals surface area contributed by atoms with E-state index < -0.39 is 17.9 Å². The van der Waals surface area contributed by atoms with Gasteiger partial charge >= 0.3 is 0 Å². The van der Waals surface area contributed by atoms with Crippen LogP contribution in [0.3, 0.4) is 0 Å². The number of hydrogen-bond acceptors (Lipinski definition) is 4. The van der Waals surface area contributed by atoms with Crippen molar-refractivity contribution in [3.8, 4) is 0 Å². The molecule has 0 bridgehead atoms. The first-order valence-corrected chi connectivity index (χ1v) is 8.12. The highest BCUT2D eigenvalue weighted by Gasteiger charge is 2.28. The molecule has 7 nitrogen and oxygen atoms in total. The Balaban J connectivity index is 1.68. The van der Waals surface area contributed by atoms with Gasteiger partial charge in [-0.2, -0.15) is 0 Å². The Kier molecular flexibility index (Phi) is 5.07. The van der Waals surface area contributed by atoms with Crippen LogP contribution < -0.4 is 10.9 Å². The molecular formula is C19H18N4O3. The predicted octanol–water partition coefficient (Wildman–Crippen LogP) is 1.81. The molecular weight excluding hydrogens is 332 g/mol. The highest BCUT2D eigenvalue weighted by molar-refractivity contribution is 5.93. The average Bonchev–Trinajstić information content (AvgIpc) is 2.66. The summed E-state index contributed by atoms with van der Waals surface area (Å²) in [6.45, 7) is 1.45. The number of carbonyl (C=O) groups is 3. The summed E-state index contributed by atoms with van der Waals surface area (Å²) in [5, 5.41) is 0. The van der Waals surface area contributed by atoms with Gasteiger partial charge in [0.2, 0.25) is 11.8 Å². The monoisotopic (exact) mass is 350 g/mol. The lowest BCUT2D eigenvalue weighted by molar-refractivity contribution is -0.130. The van der Waals surface area contributed by atoms with E-state index in [1.54, 1.807) is 24.4 Å². The molecule has 1 atom stereocenters. The maximum Gasteiger partial charge on any atom is 0.288 e. The van der Waals surface area contributed by atoms with Gasteiger partial charge in [0, 0.05) is 19.3 Å². The Labute approximate surface area is 150 Å². The lowest BCUT2D eigenvalue weighted by Crippen LogP contribution is -2.44. The zero-order valence-electron chi connectivity index (χ0n) is 14.2. The molecule has 0 fully saturated rings. The number of carbonyl (C=O) groups excluding carboxylic acids is 3. The first kappa shape index (κ1) is 17.3. The Bertz CT molecular complexity index is 864. The fraction of sp³-hybridized carbons (Fsp3) is 0.158. The third-order valence-corrected chi connectivity index (χ3v) is 4.06. The van der Waals surface area contributed by atoms with Gasteiger partial charge in [0.1, 0.15) is 5.69 Å². The number of rotatable bonds is 3. The molecule has 1 aliphatic rings. The first-order valence-electron chi connectivity index (χ1n) is 8.12. The van der Waals surface area contributed by atoms with Gasteiger partial charge in [-0.1, -0.05) is 30.3 Å². The summed E-state index contributed by atoms with van der Waals surface area (Å²) in [5.41, 5.74) is 6.75. The topological polar surface area (TPSA) is 91.4 Å². The van der Waals surface area contributed by atoms with Crippen molar-refractivity contribution >= 4 is 23.8 Å². The molecule has 132 valence electrons. The van der Waals surface area contributed by atoms with Crippen molar-refractivity contribution < 1.29 is 14.4 Å². The Morgan fingerprint density at radius 2 is 1.85 bits per heavy atom. The molecule has 1 aromatic heterocycles. The number of amides is 3. The summed E-state index contributed by atoms with van der Waals surface area (Å²) in [7, 11) is 0. The number of hydrogen-bond donors (Lipinski definition) is 2. The van der Waals surface area contributed by atoms with Gasteiger partial charge in [0.15, 0.2) is 0 Å². The maximum absolute atomic E-state index is 12.3. The van der Waals surface area contributed by atoms with E-state index in [1.807, 2.05) is 30.3 Å². The number of fused-ring (bicyclic) bond motifs is 1. The summed E-state index contributed by atoms with van der Waals surface area (Å²) in [5.74, 6) is -1.08. The summed E-state index contributed by atoms with van der Waals surface area (Å²) in [6, 6.07) is 12.1. The van der Waals surface area contributed by atoms with Crippen LogP contribution in [0, 0.1) is 0 Å². The van der Waals surface area contributed by atoms with Crippen LogP contribution in [0.15, 0.2) is 54.9 Å². The van der Waals surface area contributed by atoms with Gasteiger partial charge in [-0.15, -0.1) is 0 Å². The summed E-state index contributed by atoms with van der Waals surface area (Å²) in [4.78, 5) is 41.6. The van der Waals surface area contributed by atoms with Crippen LogP contribution >= 0.6 is 0 Å². The lowest BCUT2D eigenvalue weighted by atomic mass is 9.93. The second-order valence-corrected chi connectivity index (χ2v) is 5.81. The van der Waals surface area contributed by atoms with Crippen LogP contribution in [0.4, 0.5) is 0 Å². The molecule has 2 aromatic rings. The molecule has 3 amide bonds. The van der Waals surface area contributed by atoms with Crippen LogP contribution in [0.1, 0.15) is 41.0 Å². The maximum atomic E-state index is 12.3. The quantitative estimate of drug-likeness (QED) is 0.826. The highest BCUT2D eigenvalue weighted by atomic mass is 16.2. The third kappa shape index (κ3) is 3.77. The normalized spacial score (nSPS) is 15.1. The smallest absolute Gasteiger partial charge is 0.288 e. The van der Waals surface area contributed by atoms with Gasteiger partial charge in [0.05, 0.1) is 12.5 Å². The number of aromatic nitrogens is 1. The Morgan fingerprint density at radius 3 is 2.58 bits per heavy atom.